The molecule has 8 heteroatoms. The third kappa shape index (κ3) is 4.41. The summed E-state index contributed by atoms with van der Waals surface area (Å²) in [5.74, 6) is 1.98. The number of benzene rings is 2. The van der Waals surface area contributed by atoms with Crippen LogP contribution in [-0.4, -0.2) is 33.1 Å². The van der Waals surface area contributed by atoms with Gasteiger partial charge < -0.3 is 31.1 Å². The molecule has 3 aromatic heterocycles. The van der Waals surface area contributed by atoms with Crippen LogP contribution in [0.2, 0.25) is 0 Å². The molecule has 0 bridgehead atoms. The Hall–Kier alpha value is -4.20. The van der Waals surface area contributed by atoms with E-state index in [0.29, 0.717) is 30.6 Å². The molecule has 5 rings (SSSR count). The molecule has 8 nitrogen and oxygen atoms in total. The van der Waals surface area contributed by atoms with Crippen LogP contribution in [0, 0.1) is 6.92 Å². The van der Waals surface area contributed by atoms with Gasteiger partial charge in [0, 0.05) is 45.9 Å². The molecule has 5 aromatic rings. The highest BCUT2D eigenvalue weighted by Crippen LogP contribution is 2.26. The van der Waals surface area contributed by atoms with E-state index in [4.69, 9.17) is 10.5 Å². The summed E-state index contributed by atoms with van der Waals surface area (Å²) in [7, 11) is 0. The first kappa shape index (κ1) is 20.7. The van der Waals surface area contributed by atoms with Crippen LogP contribution in [0.4, 0.5) is 23.1 Å². The molecule has 0 aliphatic carbocycles. The van der Waals surface area contributed by atoms with Gasteiger partial charge in [0.15, 0.2) is 5.82 Å². The molecule has 3 heterocycles. The van der Waals surface area contributed by atoms with Crippen LogP contribution < -0.4 is 21.1 Å². The number of aryl methyl sites for hydroxylation is 1. The summed E-state index contributed by atoms with van der Waals surface area (Å²) in [5, 5.41) is 8.92. The quantitative estimate of drug-likeness (QED) is 0.228. The van der Waals surface area contributed by atoms with Crippen molar-refractivity contribution in [2.45, 2.75) is 20.3 Å². The zero-order chi connectivity index (χ0) is 22.8. The number of rotatable bonds is 8. The molecule has 0 spiro atoms. The van der Waals surface area contributed by atoms with Crippen molar-refractivity contribution in [3.8, 4) is 5.75 Å². The van der Waals surface area contributed by atoms with Crippen molar-refractivity contribution in [3.05, 3.63) is 66.1 Å². The fraction of sp³-hybridized carbons (Fsp3) is 0.200. The van der Waals surface area contributed by atoms with Gasteiger partial charge in [0.2, 0.25) is 5.95 Å². The molecule has 0 atom stereocenters. The SMILES string of the molecule is CCOc1ccc2[nH]cc(CCNc3ncc(N)c(Nc4ccc5[nH]c(C)cc5c4)n3)c2c1. The molecular formula is C25H27N7O. The molecule has 0 aliphatic rings. The number of ether oxygens (including phenoxy) is 1. The molecule has 0 saturated heterocycles. The second kappa shape index (κ2) is 8.74. The Morgan fingerprint density at radius 3 is 2.85 bits per heavy atom. The first-order valence-electron chi connectivity index (χ1n) is 11.0. The Labute approximate surface area is 191 Å². The van der Waals surface area contributed by atoms with E-state index in [0.717, 1.165) is 40.0 Å². The average molecular weight is 442 g/mol. The molecular weight excluding hydrogens is 414 g/mol. The first-order valence-corrected chi connectivity index (χ1v) is 11.0. The van der Waals surface area contributed by atoms with Crippen LogP contribution in [0.15, 0.2) is 54.9 Å². The third-order valence-electron chi connectivity index (χ3n) is 5.56. The van der Waals surface area contributed by atoms with Gasteiger partial charge in [-0.2, -0.15) is 4.98 Å². The highest BCUT2D eigenvalue weighted by molar-refractivity contribution is 5.86. The van der Waals surface area contributed by atoms with E-state index in [2.05, 4.69) is 48.8 Å². The number of nitrogens with two attached hydrogens (primary N) is 1. The van der Waals surface area contributed by atoms with Gasteiger partial charge in [-0.15, -0.1) is 0 Å². The second-order valence-corrected chi connectivity index (χ2v) is 8.01. The normalized spacial score (nSPS) is 11.2. The van der Waals surface area contributed by atoms with Crippen LogP contribution in [0.3, 0.4) is 0 Å². The van der Waals surface area contributed by atoms with E-state index in [1.54, 1.807) is 6.20 Å². The fourth-order valence-corrected chi connectivity index (χ4v) is 4.00. The molecule has 168 valence electrons. The highest BCUT2D eigenvalue weighted by Gasteiger charge is 2.09. The summed E-state index contributed by atoms with van der Waals surface area (Å²) in [6.45, 7) is 5.36. The molecule has 0 saturated carbocycles. The zero-order valence-electron chi connectivity index (χ0n) is 18.7. The third-order valence-corrected chi connectivity index (χ3v) is 5.56. The van der Waals surface area contributed by atoms with Gasteiger partial charge in [-0.05, 0) is 68.3 Å². The smallest absolute Gasteiger partial charge is 0.224 e. The van der Waals surface area contributed by atoms with Crippen LogP contribution >= 0.6 is 0 Å². The van der Waals surface area contributed by atoms with Crippen LogP contribution in [0.25, 0.3) is 21.8 Å². The van der Waals surface area contributed by atoms with Gasteiger partial charge >= 0.3 is 0 Å². The number of nitrogen functional groups attached to an aromatic ring is 1. The number of nitrogens with one attached hydrogen (secondary N) is 4. The summed E-state index contributed by atoms with van der Waals surface area (Å²) >= 11 is 0. The molecule has 0 radical (unpaired) electrons. The van der Waals surface area contributed by atoms with E-state index >= 15 is 0 Å². The van der Waals surface area contributed by atoms with Crippen molar-refractivity contribution in [3.63, 3.8) is 0 Å². The van der Waals surface area contributed by atoms with E-state index in [1.807, 2.05) is 44.3 Å². The lowest BCUT2D eigenvalue weighted by atomic mass is 10.1. The topological polar surface area (TPSA) is 117 Å². The lowest BCUT2D eigenvalue weighted by Gasteiger charge is -2.11. The van der Waals surface area contributed by atoms with Gasteiger partial charge in [-0.25, -0.2) is 4.98 Å². The number of hydrogen-bond donors (Lipinski definition) is 5. The first-order chi connectivity index (χ1) is 16.1. The summed E-state index contributed by atoms with van der Waals surface area (Å²) in [6.07, 6.45) is 4.48. The molecule has 0 aliphatic heterocycles. The predicted molar refractivity (Wildman–Crippen MR) is 134 cm³/mol. The van der Waals surface area contributed by atoms with E-state index in [1.165, 1.54) is 10.9 Å². The summed E-state index contributed by atoms with van der Waals surface area (Å²) < 4.78 is 5.64. The fourth-order valence-electron chi connectivity index (χ4n) is 4.00. The van der Waals surface area contributed by atoms with Crippen LogP contribution in [-0.2, 0) is 6.42 Å². The maximum atomic E-state index is 6.12. The van der Waals surface area contributed by atoms with Crippen molar-refractivity contribution in [2.75, 3.05) is 29.5 Å². The minimum absolute atomic E-state index is 0.492. The van der Waals surface area contributed by atoms with Gasteiger partial charge in [-0.3, -0.25) is 0 Å². The van der Waals surface area contributed by atoms with Crippen molar-refractivity contribution in [1.82, 2.24) is 19.9 Å². The van der Waals surface area contributed by atoms with Crippen molar-refractivity contribution >= 4 is 44.9 Å². The minimum atomic E-state index is 0.492. The average Bonchev–Trinajstić information content (AvgIpc) is 3.38. The van der Waals surface area contributed by atoms with Crippen LogP contribution in [0.5, 0.6) is 5.75 Å². The number of aromatic amines is 2. The zero-order valence-corrected chi connectivity index (χ0v) is 18.7. The van der Waals surface area contributed by atoms with Crippen molar-refractivity contribution in [2.24, 2.45) is 0 Å². The Morgan fingerprint density at radius 2 is 1.97 bits per heavy atom. The number of anilines is 4. The standard InChI is InChI=1S/C25H27N7O/c1-3-33-19-5-7-23-20(12-19)16(13-28-23)8-9-27-25-29-14-21(26)24(32-25)31-18-4-6-22-17(11-18)10-15(2)30-22/h4-7,10-14,28,30H,3,8-9,26H2,1-2H3,(H2,27,29,31,32). The van der Waals surface area contributed by atoms with Gasteiger partial charge in [0.05, 0.1) is 18.5 Å². The van der Waals surface area contributed by atoms with Gasteiger partial charge in [0.25, 0.3) is 0 Å². The Morgan fingerprint density at radius 1 is 1.09 bits per heavy atom. The maximum Gasteiger partial charge on any atom is 0.224 e. The maximum absolute atomic E-state index is 6.12. The van der Waals surface area contributed by atoms with Crippen molar-refractivity contribution < 1.29 is 4.74 Å². The van der Waals surface area contributed by atoms with E-state index in [9.17, 15) is 0 Å². The van der Waals surface area contributed by atoms with E-state index in [-0.39, 0.29) is 0 Å². The van der Waals surface area contributed by atoms with Gasteiger partial charge in [-0.1, -0.05) is 0 Å². The number of fused-ring (bicyclic) bond motifs is 2. The number of aromatic nitrogens is 4. The molecule has 0 unspecified atom stereocenters. The number of hydrogen-bond acceptors (Lipinski definition) is 6. The lowest BCUT2D eigenvalue weighted by molar-refractivity contribution is 0.340. The number of H-pyrrole nitrogens is 2. The minimum Gasteiger partial charge on any atom is -0.494 e. The lowest BCUT2D eigenvalue weighted by Crippen LogP contribution is -2.10. The molecule has 0 amide bonds. The highest BCUT2D eigenvalue weighted by atomic mass is 16.5. The molecule has 6 N–H and O–H groups in total. The summed E-state index contributed by atoms with van der Waals surface area (Å²) in [5.41, 5.74) is 12.1. The summed E-state index contributed by atoms with van der Waals surface area (Å²) in [6, 6.07) is 14.3. The van der Waals surface area contributed by atoms with Gasteiger partial charge in [0.1, 0.15) is 5.75 Å². The molecule has 0 fully saturated rings. The Bertz CT molecular complexity index is 1420. The van der Waals surface area contributed by atoms with E-state index < -0.39 is 0 Å². The predicted octanol–water partition coefficient (Wildman–Crippen LogP) is 5.13. The van der Waals surface area contributed by atoms with Crippen molar-refractivity contribution in [1.29, 1.82) is 0 Å². The Kier molecular flexibility index (Phi) is 5.48. The molecule has 2 aromatic carbocycles. The second-order valence-electron chi connectivity index (χ2n) is 8.01. The monoisotopic (exact) mass is 441 g/mol. The molecule has 33 heavy (non-hydrogen) atoms. The number of nitrogens with zero attached hydrogens (tertiary/aromatic N) is 2. The summed E-state index contributed by atoms with van der Waals surface area (Å²) in [4.78, 5) is 15.6. The van der Waals surface area contributed by atoms with Crippen LogP contribution in [0.1, 0.15) is 18.2 Å². The Balaban J connectivity index is 1.27. The largest absolute Gasteiger partial charge is 0.494 e.